The zero-order valence-corrected chi connectivity index (χ0v) is 9.81. The highest BCUT2D eigenvalue weighted by atomic mass is 16.5. The third-order valence-electron chi connectivity index (χ3n) is 3.26. The van der Waals surface area contributed by atoms with Gasteiger partial charge in [0.2, 0.25) is 5.95 Å². The first-order valence-corrected chi connectivity index (χ1v) is 5.52. The topological polar surface area (TPSA) is 64.3 Å². The zero-order valence-electron chi connectivity index (χ0n) is 9.81. The fourth-order valence-electron chi connectivity index (χ4n) is 1.90. The van der Waals surface area contributed by atoms with Gasteiger partial charge in [0, 0.05) is 26.4 Å². The quantitative estimate of drug-likeness (QED) is 0.810. The van der Waals surface area contributed by atoms with Crippen LogP contribution in [-0.4, -0.2) is 35.8 Å². The minimum Gasteiger partial charge on any atom is -0.384 e. The van der Waals surface area contributed by atoms with E-state index in [1.54, 1.807) is 19.4 Å². The van der Waals surface area contributed by atoms with Gasteiger partial charge in [0.25, 0.3) is 0 Å². The lowest BCUT2D eigenvalue weighted by Gasteiger charge is -2.38. The van der Waals surface area contributed by atoms with Crippen LogP contribution in [0.3, 0.4) is 0 Å². The molecule has 0 bridgehead atoms. The standard InChI is InChI=1S/C11H18N4O/c1-11(16-2)4-7-15(8-5-11)10-13-6-3-9(12)14-10/h3,6H,4-5,7-8H2,1-2H3,(H2,12,13,14). The Kier molecular flexibility index (Phi) is 2.96. The summed E-state index contributed by atoms with van der Waals surface area (Å²) in [6.45, 7) is 3.96. The summed E-state index contributed by atoms with van der Waals surface area (Å²) in [7, 11) is 1.77. The number of anilines is 2. The van der Waals surface area contributed by atoms with Gasteiger partial charge in [-0.3, -0.25) is 0 Å². The molecule has 1 aromatic heterocycles. The highest BCUT2D eigenvalue weighted by molar-refractivity contribution is 5.38. The Hall–Kier alpha value is -1.36. The van der Waals surface area contributed by atoms with Crippen LogP contribution in [0.1, 0.15) is 19.8 Å². The van der Waals surface area contributed by atoms with Gasteiger partial charge in [-0.15, -0.1) is 0 Å². The monoisotopic (exact) mass is 222 g/mol. The molecule has 1 aliphatic heterocycles. The van der Waals surface area contributed by atoms with E-state index in [1.807, 2.05) is 0 Å². The second-order valence-electron chi connectivity index (χ2n) is 4.42. The van der Waals surface area contributed by atoms with Gasteiger partial charge in [0.05, 0.1) is 5.60 Å². The molecule has 5 nitrogen and oxygen atoms in total. The van der Waals surface area contributed by atoms with Gasteiger partial charge in [0.15, 0.2) is 0 Å². The number of piperidine rings is 1. The van der Waals surface area contributed by atoms with Crippen molar-refractivity contribution in [3.05, 3.63) is 12.3 Å². The van der Waals surface area contributed by atoms with Crippen LogP contribution in [0.2, 0.25) is 0 Å². The van der Waals surface area contributed by atoms with Gasteiger partial charge in [-0.25, -0.2) is 4.98 Å². The Morgan fingerprint density at radius 3 is 2.69 bits per heavy atom. The molecule has 0 aromatic carbocycles. The molecule has 0 spiro atoms. The van der Waals surface area contributed by atoms with Crippen molar-refractivity contribution in [1.82, 2.24) is 9.97 Å². The molecule has 0 amide bonds. The lowest BCUT2D eigenvalue weighted by molar-refractivity contribution is -0.0134. The molecule has 0 unspecified atom stereocenters. The normalized spacial score (nSPS) is 19.8. The average molecular weight is 222 g/mol. The average Bonchev–Trinajstić information content (AvgIpc) is 2.30. The number of nitrogen functional groups attached to an aromatic ring is 1. The Balaban J connectivity index is 2.04. The molecule has 1 fully saturated rings. The smallest absolute Gasteiger partial charge is 0.227 e. The Bertz CT molecular complexity index is 361. The number of rotatable bonds is 2. The maximum atomic E-state index is 5.64. The van der Waals surface area contributed by atoms with Crippen LogP contribution in [0.4, 0.5) is 11.8 Å². The summed E-state index contributed by atoms with van der Waals surface area (Å²) in [6, 6.07) is 1.70. The van der Waals surface area contributed by atoms with E-state index < -0.39 is 0 Å². The summed E-state index contributed by atoms with van der Waals surface area (Å²) < 4.78 is 5.49. The number of methoxy groups -OCH3 is 1. The Morgan fingerprint density at radius 1 is 1.44 bits per heavy atom. The molecule has 0 radical (unpaired) electrons. The molecule has 1 aromatic rings. The maximum absolute atomic E-state index is 5.64. The number of nitrogens with two attached hydrogens (primary N) is 1. The molecule has 1 aliphatic rings. The molecule has 5 heteroatoms. The third kappa shape index (κ3) is 2.24. The highest BCUT2D eigenvalue weighted by Gasteiger charge is 2.30. The van der Waals surface area contributed by atoms with E-state index >= 15 is 0 Å². The van der Waals surface area contributed by atoms with Crippen LogP contribution >= 0.6 is 0 Å². The summed E-state index contributed by atoms with van der Waals surface area (Å²) in [6.07, 6.45) is 3.67. The molecular weight excluding hydrogens is 204 g/mol. The van der Waals surface area contributed by atoms with Crippen molar-refractivity contribution in [3.63, 3.8) is 0 Å². The van der Waals surface area contributed by atoms with E-state index in [0.29, 0.717) is 5.82 Å². The van der Waals surface area contributed by atoms with Gasteiger partial charge in [-0.2, -0.15) is 4.98 Å². The van der Waals surface area contributed by atoms with E-state index in [1.165, 1.54) is 0 Å². The van der Waals surface area contributed by atoms with Crippen molar-refractivity contribution in [3.8, 4) is 0 Å². The van der Waals surface area contributed by atoms with Gasteiger partial charge in [-0.05, 0) is 25.8 Å². The largest absolute Gasteiger partial charge is 0.384 e. The number of hydrogen-bond acceptors (Lipinski definition) is 5. The van der Waals surface area contributed by atoms with E-state index in [4.69, 9.17) is 10.5 Å². The second-order valence-corrected chi connectivity index (χ2v) is 4.42. The van der Waals surface area contributed by atoms with Crippen molar-refractivity contribution in [1.29, 1.82) is 0 Å². The molecule has 0 aliphatic carbocycles. The molecule has 2 heterocycles. The lowest BCUT2D eigenvalue weighted by atomic mass is 9.94. The minimum absolute atomic E-state index is 0.00315. The fourth-order valence-corrected chi connectivity index (χ4v) is 1.90. The van der Waals surface area contributed by atoms with E-state index in [9.17, 15) is 0 Å². The molecule has 2 rings (SSSR count). The number of nitrogens with zero attached hydrogens (tertiary/aromatic N) is 3. The lowest BCUT2D eigenvalue weighted by Crippen LogP contribution is -2.44. The molecular formula is C11H18N4O. The van der Waals surface area contributed by atoms with Crippen LogP contribution in [0.5, 0.6) is 0 Å². The predicted molar refractivity (Wildman–Crippen MR) is 63.3 cm³/mol. The van der Waals surface area contributed by atoms with Crippen molar-refractivity contribution < 1.29 is 4.74 Å². The van der Waals surface area contributed by atoms with Crippen molar-refractivity contribution in [2.24, 2.45) is 0 Å². The second kappa shape index (κ2) is 4.25. The van der Waals surface area contributed by atoms with Crippen LogP contribution in [-0.2, 0) is 4.74 Å². The third-order valence-corrected chi connectivity index (χ3v) is 3.26. The molecule has 88 valence electrons. The van der Waals surface area contributed by atoms with Crippen LogP contribution in [0.25, 0.3) is 0 Å². The zero-order chi connectivity index (χ0) is 11.6. The summed E-state index contributed by atoms with van der Waals surface area (Å²) in [5.74, 6) is 1.24. The van der Waals surface area contributed by atoms with Crippen LogP contribution in [0.15, 0.2) is 12.3 Å². The molecule has 1 saturated heterocycles. The molecule has 16 heavy (non-hydrogen) atoms. The van der Waals surface area contributed by atoms with E-state index in [2.05, 4.69) is 21.8 Å². The van der Waals surface area contributed by atoms with Crippen LogP contribution in [0, 0.1) is 0 Å². The van der Waals surface area contributed by atoms with Gasteiger partial charge in [0.1, 0.15) is 5.82 Å². The van der Waals surface area contributed by atoms with Gasteiger partial charge >= 0.3 is 0 Å². The van der Waals surface area contributed by atoms with E-state index in [-0.39, 0.29) is 5.60 Å². The Labute approximate surface area is 95.6 Å². The van der Waals surface area contributed by atoms with Crippen molar-refractivity contribution >= 4 is 11.8 Å². The number of hydrogen-bond donors (Lipinski definition) is 1. The first-order valence-electron chi connectivity index (χ1n) is 5.52. The first kappa shape index (κ1) is 11.1. The predicted octanol–water partition coefficient (Wildman–Crippen LogP) is 1.06. The molecule has 0 atom stereocenters. The van der Waals surface area contributed by atoms with Crippen LogP contribution < -0.4 is 10.6 Å². The van der Waals surface area contributed by atoms with E-state index in [0.717, 1.165) is 31.9 Å². The Morgan fingerprint density at radius 2 is 2.12 bits per heavy atom. The van der Waals surface area contributed by atoms with Crippen molar-refractivity contribution in [2.75, 3.05) is 30.8 Å². The van der Waals surface area contributed by atoms with Gasteiger partial charge in [-0.1, -0.05) is 0 Å². The summed E-state index contributed by atoms with van der Waals surface area (Å²) in [5, 5.41) is 0. The number of aromatic nitrogens is 2. The fraction of sp³-hybridized carbons (Fsp3) is 0.636. The molecule has 2 N–H and O–H groups in total. The summed E-state index contributed by atoms with van der Waals surface area (Å²) in [4.78, 5) is 10.6. The summed E-state index contributed by atoms with van der Waals surface area (Å²) in [5.41, 5.74) is 5.64. The van der Waals surface area contributed by atoms with Crippen molar-refractivity contribution in [2.45, 2.75) is 25.4 Å². The maximum Gasteiger partial charge on any atom is 0.227 e. The van der Waals surface area contributed by atoms with Gasteiger partial charge < -0.3 is 15.4 Å². The SMILES string of the molecule is COC1(C)CCN(c2nccc(N)n2)CC1. The highest BCUT2D eigenvalue weighted by Crippen LogP contribution is 2.26. The summed E-state index contributed by atoms with van der Waals surface area (Å²) >= 11 is 0. The first-order chi connectivity index (χ1) is 7.63. The molecule has 0 saturated carbocycles. The number of ether oxygens (including phenoxy) is 1. The minimum atomic E-state index is -0.00315.